The summed E-state index contributed by atoms with van der Waals surface area (Å²) in [7, 11) is 0. The van der Waals surface area contributed by atoms with Gasteiger partial charge < -0.3 is 15.7 Å². The maximum absolute atomic E-state index is 12.0. The normalized spacial score (nSPS) is 11.8. The van der Waals surface area contributed by atoms with E-state index in [0.29, 0.717) is 13.0 Å². The predicted octanol–water partition coefficient (Wildman–Crippen LogP) is 3.98. The fourth-order valence-electron chi connectivity index (χ4n) is 2.71. The van der Waals surface area contributed by atoms with Gasteiger partial charge in [-0.3, -0.25) is 0 Å². The van der Waals surface area contributed by atoms with Crippen LogP contribution in [0.5, 0.6) is 0 Å². The van der Waals surface area contributed by atoms with E-state index < -0.39 is 0 Å². The number of rotatable bonds is 7. The SMILES string of the molecule is Cc1ccc(NC(=O)NCCC(CCO)c2ccccc2)cc1C. The molecule has 0 spiro atoms. The number of urea groups is 1. The highest BCUT2D eigenvalue weighted by Crippen LogP contribution is 2.22. The number of hydrogen-bond donors (Lipinski definition) is 3. The van der Waals surface area contributed by atoms with Crippen molar-refractivity contribution in [3.63, 3.8) is 0 Å². The smallest absolute Gasteiger partial charge is 0.319 e. The van der Waals surface area contributed by atoms with E-state index in [9.17, 15) is 9.90 Å². The quantitative estimate of drug-likeness (QED) is 0.720. The van der Waals surface area contributed by atoms with Crippen molar-refractivity contribution < 1.29 is 9.90 Å². The lowest BCUT2D eigenvalue weighted by Gasteiger charge is -2.17. The third-order valence-corrected chi connectivity index (χ3v) is 4.29. The number of aryl methyl sites for hydroxylation is 2. The van der Waals surface area contributed by atoms with E-state index in [0.717, 1.165) is 17.7 Å². The van der Waals surface area contributed by atoms with E-state index in [1.807, 2.05) is 50.2 Å². The molecule has 0 aromatic heterocycles. The average Bonchev–Trinajstić information content (AvgIpc) is 2.58. The number of carbonyl (C=O) groups is 1. The van der Waals surface area contributed by atoms with Gasteiger partial charge in [0.2, 0.25) is 0 Å². The number of aliphatic hydroxyl groups excluding tert-OH is 1. The zero-order chi connectivity index (χ0) is 17.4. The van der Waals surface area contributed by atoms with Gasteiger partial charge in [-0.15, -0.1) is 0 Å². The molecule has 0 saturated carbocycles. The predicted molar refractivity (Wildman–Crippen MR) is 98.4 cm³/mol. The lowest BCUT2D eigenvalue weighted by molar-refractivity contribution is 0.250. The monoisotopic (exact) mass is 326 g/mol. The molecule has 0 aliphatic rings. The Morgan fingerprint density at radius 1 is 1.04 bits per heavy atom. The van der Waals surface area contributed by atoms with E-state index in [1.165, 1.54) is 11.1 Å². The van der Waals surface area contributed by atoms with Crippen molar-refractivity contribution in [2.24, 2.45) is 0 Å². The van der Waals surface area contributed by atoms with Crippen LogP contribution in [-0.2, 0) is 0 Å². The van der Waals surface area contributed by atoms with Crippen LogP contribution in [0.15, 0.2) is 48.5 Å². The van der Waals surface area contributed by atoms with Crippen LogP contribution in [-0.4, -0.2) is 24.3 Å². The third kappa shape index (κ3) is 5.39. The zero-order valence-electron chi connectivity index (χ0n) is 14.4. The van der Waals surface area contributed by atoms with E-state index in [2.05, 4.69) is 22.8 Å². The minimum absolute atomic E-state index is 0.147. The second-order valence-corrected chi connectivity index (χ2v) is 6.09. The van der Waals surface area contributed by atoms with Crippen molar-refractivity contribution in [2.45, 2.75) is 32.6 Å². The van der Waals surface area contributed by atoms with Crippen LogP contribution >= 0.6 is 0 Å². The van der Waals surface area contributed by atoms with Crippen molar-refractivity contribution in [1.82, 2.24) is 5.32 Å². The molecule has 4 heteroatoms. The second kappa shape index (κ2) is 9.08. The largest absolute Gasteiger partial charge is 0.396 e. The Hall–Kier alpha value is -2.33. The number of anilines is 1. The van der Waals surface area contributed by atoms with Gasteiger partial charge in [-0.05, 0) is 61.4 Å². The maximum Gasteiger partial charge on any atom is 0.319 e. The molecule has 3 N–H and O–H groups in total. The number of aliphatic hydroxyl groups is 1. The molecule has 2 amide bonds. The van der Waals surface area contributed by atoms with Gasteiger partial charge in [0.05, 0.1) is 0 Å². The molecule has 0 saturated heterocycles. The van der Waals surface area contributed by atoms with Gasteiger partial charge in [-0.2, -0.15) is 0 Å². The van der Waals surface area contributed by atoms with Gasteiger partial charge in [-0.1, -0.05) is 36.4 Å². The van der Waals surface area contributed by atoms with E-state index in [4.69, 9.17) is 0 Å². The number of nitrogens with one attached hydrogen (secondary N) is 2. The van der Waals surface area contributed by atoms with Crippen molar-refractivity contribution in [1.29, 1.82) is 0 Å². The number of benzene rings is 2. The fourth-order valence-corrected chi connectivity index (χ4v) is 2.71. The van der Waals surface area contributed by atoms with Gasteiger partial charge in [0.25, 0.3) is 0 Å². The summed E-state index contributed by atoms with van der Waals surface area (Å²) in [5.41, 5.74) is 4.35. The fraction of sp³-hybridized carbons (Fsp3) is 0.350. The van der Waals surface area contributed by atoms with Crippen LogP contribution in [0.4, 0.5) is 10.5 Å². The van der Waals surface area contributed by atoms with Crippen LogP contribution in [0.2, 0.25) is 0 Å². The highest BCUT2D eigenvalue weighted by molar-refractivity contribution is 5.89. The molecule has 0 aliphatic heterocycles. The summed E-state index contributed by atoms with van der Waals surface area (Å²) in [5, 5.41) is 15.0. The minimum atomic E-state index is -0.200. The Balaban J connectivity index is 1.83. The Morgan fingerprint density at radius 3 is 2.46 bits per heavy atom. The molecule has 0 heterocycles. The first-order valence-corrected chi connectivity index (χ1v) is 8.38. The van der Waals surface area contributed by atoms with Crippen LogP contribution in [0.3, 0.4) is 0 Å². The molecule has 0 fully saturated rings. The zero-order valence-corrected chi connectivity index (χ0v) is 14.4. The molecular formula is C20H26N2O2. The van der Waals surface area contributed by atoms with Gasteiger partial charge in [0, 0.05) is 18.8 Å². The maximum atomic E-state index is 12.0. The first-order chi connectivity index (χ1) is 11.6. The Labute approximate surface area is 143 Å². The second-order valence-electron chi connectivity index (χ2n) is 6.09. The van der Waals surface area contributed by atoms with E-state index in [-0.39, 0.29) is 18.6 Å². The molecule has 2 aromatic carbocycles. The Morgan fingerprint density at radius 2 is 1.79 bits per heavy atom. The number of amides is 2. The van der Waals surface area contributed by atoms with Crippen molar-refractivity contribution in [2.75, 3.05) is 18.5 Å². The summed E-state index contributed by atoms with van der Waals surface area (Å²) >= 11 is 0. The van der Waals surface area contributed by atoms with Crippen LogP contribution in [0, 0.1) is 13.8 Å². The van der Waals surface area contributed by atoms with Gasteiger partial charge in [0.1, 0.15) is 0 Å². The van der Waals surface area contributed by atoms with Crippen LogP contribution < -0.4 is 10.6 Å². The molecule has 4 nitrogen and oxygen atoms in total. The lowest BCUT2D eigenvalue weighted by Crippen LogP contribution is -2.30. The molecule has 1 unspecified atom stereocenters. The van der Waals surface area contributed by atoms with Crippen molar-refractivity contribution >= 4 is 11.7 Å². The molecule has 2 rings (SSSR count). The number of hydrogen-bond acceptors (Lipinski definition) is 2. The van der Waals surface area contributed by atoms with Crippen molar-refractivity contribution in [3.8, 4) is 0 Å². The summed E-state index contributed by atoms with van der Waals surface area (Å²) in [6, 6.07) is 15.8. The average molecular weight is 326 g/mol. The summed E-state index contributed by atoms with van der Waals surface area (Å²) in [5.74, 6) is 0.248. The van der Waals surface area contributed by atoms with Crippen LogP contribution in [0.25, 0.3) is 0 Å². The molecule has 1 atom stereocenters. The third-order valence-electron chi connectivity index (χ3n) is 4.29. The Kier molecular flexibility index (Phi) is 6.82. The highest BCUT2D eigenvalue weighted by atomic mass is 16.3. The first kappa shape index (κ1) is 18.0. The molecule has 0 radical (unpaired) electrons. The summed E-state index contributed by atoms with van der Waals surface area (Å²) in [6.45, 7) is 4.78. The van der Waals surface area contributed by atoms with Gasteiger partial charge in [0.15, 0.2) is 0 Å². The molecule has 128 valence electrons. The highest BCUT2D eigenvalue weighted by Gasteiger charge is 2.11. The van der Waals surface area contributed by atoms with E-state index in [1.54, 1.807) is 0 Å². The first-order valence-electron chi connectivity index (χ1n) is 8.38. The lowest BCUT2D eigenvalue weighted by atomic mass is 9.93. The van der Waals surface area contributed by atoms with Crippen LogP contribution in [0.1, 0.15) is 35.4 Å². The summed E-state index contributed by atoms with van der Waals surface area (Å²) in [4.78, 5) is 12.0. The molecule has 0 bridgehead atoms. The van der Waals surface area contributed by atoms with Gasteiger partial charge in [-0.25, -0.2) is 4.79 Å². The van der Waals surface area contributed by atoms with Gasteiger partial charge >= 0.3 is 6.03 Å². The standard InChI is InChI=1S/C20H26N2O2/c1-15-8-9-19(14-16(15)2)22-20(24)21-12-10-18(11-13-23)17-6-4-3-5-7-17/h3-9,14,18,23H,10-13H2,1-2H3,(H2,21,22,24). The summed E-state index contributed by atoms with van der Waals surface area (Å²) in [6.07, 6.45) is 1.50. The molecule has 0 aliphatic carbocycles. The number of carbonyl (C=O) groups excluding carboxylic acids is 1. The van der Waals surface area contributed by atoms with E-state index >= 15 is 0 Å². The van der Waals surface area contributed by atoms with Crippen molar-refractivity contribution in [3.05, 3.63) is 65.2 Å². The molecular weight excluding hydrogens is 300 g/mol. The molecule has 24 heavy (non-hydrogen) atoms. The minimum Gasteiger partial charge on any atom is -0.396 e. The Bertz CT molecular complexity index is 656. The topological polar surface area (TPSA) is 61.4 Å². The summed E-state index contributed by atoms with van der Waals surface area (Å²) < 4.78 is 0. The molecule has 2 aromatic rings.